The topological polar surface area (TPSA) is 75.3 Å². The van der Waals surface area contributed by atoms with Crippen molar-refractivity contribution in [3.63, 3.8) is 0 Å². The van der Waals surface area contributed by atoms with Crippen molar-refractivity contribution in [2.24, 2.45) is 0 Å². The minimum atomic E-state index is -2.94. The molecule has 18 heavy (non-hydrogen) atoms. The molecule has 0 bridgehead atoms. The summed E-state index contributed by atoms with van der Waals surface area (Å²) >= 11 is 0. The number of carbonyl (C=O) groups excluding carboxylic acids is 1. The van der Waals surface area contributed by atoms with Gasteiger partial charge in [-0.15, -0.1) is 0 Å². The van der Waals surface area contributed by atoms with Gasteiger partial charge in [0.2, 0.25) is 5.91 Å². The van der Waals surface area contributed by atoms with E-state index in [4.69, 9.17) is 0 Å². The summed E-state index contributed by atoms with van der Waals surface area (Å²) in [5, 5.41) is 5.54. The summed E-state index contributed by atoms with van der Waals surface area (Å²) in [6, 6.07) is -0.375. The molecule has 0 spiro atoms. The fraction of sp³-hybridized carbons (Fsp3) is 0.917. The largest absolute Gasteiger partial charge is 0.350 e. The van der Waals surface area contributed by atoms with Gasteiger partial charge in [0.1, 0.15) is 0 Å². The molecular weight excluding hydrogens is 252 g/mol. The fourth-order valence-corrected chi connectivity index (χ4v) is 3.74. The van der Waals surface area contributed by atoms with Crippen molar-refractivity contribution in [3.05, 3.63) is 0 Å². The molecule has 0 saturated carbocycles. The maximum atomic E-state index is 11.8. The van der Waals surface area contributed by atoms with Crippen LogP contribution in [0, 0.1) is 0 Å². The molecule has 1 fully saturated rings. The Morgan fingerprint density at radius 2 is 2.00 bits per heavy atom. The number of sulfone groups is 1. The lowest BCUT2D eigenvalue weighted by Crippen LogP contribution is -2.50. The Kier molecular flexibility index (Phi) is 4.78. The molecule has 1 rings (SSSR count). The number of hydrogen-bond acceptors (Lipinski definition) is 4. The second-order valence-corrected chi connectivity index (χ2v) is 8.40. The van der Waals surface area contributed by atoms with E-state index in [1.54, 1.807) is 6.92 Å². The van der Waals surface area contributed by atoms with Gasteiger partial charge < -0.3 is 10.6 Å². The second-order valence-electron chi connectivity index (χ2n) is 6.00. The van der Waals surface area contributed by atoms with Crippen LogP contribution in [0.25, 0.3) is 0 Å². The van der Waals surface area contributed by atoms with E-state index in [0.29, 0.717) is 13.0 Å². The van der Waals surface area contributed by atoms with Gasteiger partial charge in [-0.2, -0.15) is 0 Å². The van der Waals surface area contributed by atoms with Crippen LogP contribution in [0.5, 0.6) is 0 Å². The molecule has 1 aliphatic rings. The molecule has 1 heterocycles. The minimum Gasteiger partial charge on any atom is -0.350 e. The molecule has 2 atom stereocenters. The first-order valence-electron chi connectivity index (χ1n) is 6.39. The van der Waals surface area contributed by atoms with E-state index in [-0.39, 0.29) is 28.5 Å². The van der Waals surface area contributed by atoms with Crippen molar-refractivity contribution in [2.75, 3.05) is 12.3 Å². The third-order valence-electron chi connectivity index (χ3n) is 3.01. The number of nitrogens with one attached hydrogen (secondary N) is 2. The Bertz CT molecular complexity index is 398. The van der Waals surface area contributed by atoms with Crippen molar-refractivity contribution in [2.45, 2.75) is 57.4 Å². The highest BCUT2D eigenvalue weighted by Gasteiger charge is 2.31. The highest BCUT2D eigenvalue weighted by atomic mass is 32.2. The zero-order chi connectivity index (χ0) is 14.0. The average Bonchev–Trinajstić information content (AvgIpc) is 2.51. The molecule has 0 radical (unpaired) electrons. The Hall–Kier alpha value is -0.620. The lowest BCUT2D eigenvalue weighted by Gasteiger charge is -2.24. The first kappa shape index (κ1) is 15.4. The highest BCUT2D eigenvalue weighted by molar-refractivity contribution is 7.92. The van der Waals surface area contributed by atoms with E-state index >= 15 is 0 Å². The van der Waals surface area contributed by atoms with Crippen LogP contribution in [0.2, 0.25) is 0 Å². The molecule has 0 aromatic heterocycles. The summed E-state index contributed by atoms with van der Waals surface area (Å²) in [6.07, 6.45) is 1.43. The Labute approximate surface area is 110 Å². The van der Waals surface area contributed by atoms with E-state index in [2.05, 4.69) is 10.6 Å². The van der Waals surface area contributed by atoms with E-state index in [1.165, 1.54) is 0 Å². The molecule has 5 nitrogen and oxygen atoms in total. The molecule has 1 amide bonds. The van der Waals surface area contributed by atoms with Gasteiger partial charge in [-0.1, -0.05) is 0 Å². The van der Waals surface area contributed by atoms with Crippen LogP contribution in [0.3, 0.4) is 0 Å². The molecule has 0 aliphatic carbocycles. The predicted octanol–water partition coefficient (Wildman–Crippen LogP) is 0.456. The van der Waals surface area contributed by atoms with Crippen molar-refractivity contribution >= 4 is 15.7 Å². The van der Waals surface area contributed by atoms with Crippen LogP contribution < -0.4 is 10.6 Å². The van der Waals surface area contributed by atoms with Crippen LogP contribution in [0.1, 0.15) is 40.5 Å². The molecule has 0 aromatic carbocycles. The maximum absolute atomic E-state index is 11.8. The van der Waals surface area contributed by atoms with E-state index in [9.17, 15) is 13.2 Å². The van der Waals surface area contributed by atoms with Crippen LogP contribution >= 0.6 is 0 Å². The third kappa shape index (κ3) is 4.57. The van der Waals surface area contributed by atoms with E-state index < -0.39 is 9.84 Å². The molecule has 1 saturated heterocycles. The lowest BCUT2D eigenvalue weighted by atomic mass is 10.1. The molecule has 1 aliphatic heterocycles. The number of carbonyl (C=O) groups is 1. The molecule has 2 N–H and O–H groups in total. The predicted molar refractivity (Wildman–Crippen MR) is 72.2 cm³/mol. The Morgan fingerprint density at radius 3 is 2.44 bits per heavy atom. The molecule has 6 heteroatoms. The second kappa shape index (κ2) is 5.57. The van der Waals surface area contributed by atoms with E-state index in [0.717, 1.165) is 6.42 Å². The van der Waals surface area contributed by atoms with Crippen molar-refractivity contribution in [1.29, 1.82) is 0 Å². The molecule has 106 valence electrons. The summed E-state index contributed by atoms with van der Waals surface area (Å²) in [7, 11) is -2.94. The maximum Gasteiger partial charge on any atom is 0.237 e. The van der Waals surface area contributed by atoms with Crippen molar-refractivity contribution in [1.82, 2.24) is 10.6 Å². The lowest BCUT2D eigenvalue weighted by molar-refractivity contribution is -0.124. The summed E-state index contributed by atoms with van der Waals surface area (Å²) in [5.41, 5.74) is -0.271. The van der Waals surface area contributed by atoms with Gasteiger partial charge in [0.25, 0.3) is 0 Å². The summed E-state index contributed by atoms with van der Waals surface area (Å²) < 4.78 is 23.3. The first-order valence-corrected chi connectivity index (χ1v) is 8.10. The molecular formula is C12H24N2O3S. The Morgan fingerprint density at radius 1 is 1.39 bits per heavy atom. The normalized spacial score (nSPS) is 24.8. The molecule has 0 aromatic rings. The summed E-state index contributed by atoms with van der Waals surface area (Å²) in [4.78, 5) is 11.8. The van der Waals surface area contributed by atoms with Crippen LogP contribution in [0.15, 0.2) is 0 Å². The van der Waals surface area contributed by atoms with Gasteiger partial charge >= 0.3 is 0 Å². The number of rotatable bonds is 4. The molecule has 2 unspecified atom stereocenters. The summed E-state index contributed by atoms with van der Waals surface area (Å²) in [6.45, 7) is 7.86. The van der Waals surface area contributed by atoms with Crippen molar-refractivity contribution < 1.29 is 13.2 Å². The summed E-state index contributed by atoms with van der Waals surface area (Å²) in [5.74, 6) is 0.181. The van der Waals surface area contributed by atoms with Crippen LogP contribution in [-0.4, -0.2) is 43.5 Å². The van der Waals surface area contributed by atoms with Crippen LogP contribution in [-0.2, 0) is 14.6 Å². The SMILES string of the molecule is CC(NCC1CCCS1(=O)=O)C(=O)NC(C)(C)C. The highest BCUT2D eigenvalue weighted by Crippen LogP contribution is 2.19. The average molecular weight is 276 g/mol. The Balaban J connectivity index is 2.42. The van der Waals surface area contributed by atoms with Crippen molar-refractivity contribution in [3.8, 4) is 0 Å². The van der Waals surface area contributed by atoms with Crippen LogP contribution in [0.4, 0.5) is 0 Å². The quantitative estimate of drug-likeness (QED) is 0.782. The zero-order valence-electron chi connectivity index (χ0n) is 11.6. The van der Waals surface area contributed by atoms with Gasteiger partial charge in [-0.3, -0.25) is 4.79 Å². The van der Waals surface area contributed by atoms with Gasteiger partial charge in [0.15, 0.2) is 9.84 Å². The minimum absolute atomic E-state index is 0.0992. The third-order valence-corrected chi connectivity index (χ3v) is 5.28. The van der Waals surface area contributed by atoms with E-state index in [1.807, 2.05) is 20.8 Å². The van der Waals surface area contributed by atoms with Gasteiger partial charge in [0, 0.05) is 12.1 Å². The zero-order valence-corrected chi connectivity index (χ0v) is 12.4. The monoisotopic (exact) mass is 276 g/mol. The van der Waals surface area contributed by atoms with Gasteiger partial charge in [0.05, 0.1) is 17.0 Å². The number of amides is 1. The standard InChI is InChI=1S/C12H24N2O3S/c1-9(11(15)14-12(2,3)4)13-8-10-6-5-7-18(10,16)17/h9-10,13H,5-8H2,1-4H3,(H,14,15). The van der Waals surface area contributed by atoms with Gasteiger partial charge in [-0.25, -0.2) is 8.42 Å². The smallest absolute Gasteiger partial charge is 0.237 e. The fourth-order valence-electron chi connectivity index (χ4n) is 1.97. The first-order chi connectivity index (χ1) is 8.12. The van der Waals surface area contributed by atoms with Gasteiger partial charge in [-0.05, 0) is 40.5 Å². The number of hydrogen-bond donors (Lipinski definition) is 2.